The van der Waals surface area contributed by atoms with E-state index in [1.54, 1.807) is 0 Å². The highest BCUT2D eigenvalue weighted by molar-refractivity contribution is 5.79. The van der Waals surface area contributed by atoms with Crippen molar-refractivity contribution in [3.8, 4) is 0 Å². The maximum atomic E-state index is 12.1. The van der Waals surface area contributed by atoms with E-state index in [1.165, 1.54) is 0 Å². The quantitative estimate of drug-likeness (QED) is 0.762. The molecule has 3 heteroatoms. The van der Waals surface area contributed by atoms with Gasteiger partial charge in [0.15, 0.2) is 0 Å². The van der Waals surface area contributed by atoms with Crippen molar-refractivity contribution in [3.63, 3.8) is 0 Å². The average molecular weight is 247 g/mol. The first kappa shape index (κ1) is 13.1. The van der Waals surface area contributed by atoms with Crippen molar-refractivity contribution >= 4 is 5.97 Å². The van der Waals surface area contributed by atoms with Crippen LogP contribution in [0.25, 0.3) is 0 Å². The van der Waals surface area contributed by atoms with Gasteiger partial charge in [-0.2, -0.15) is 0 Å². The van der Waals surface area contributed by atoms with Crippen LogP contribution in [0.1, 0.15) is 46.2 Å². The fourth-order valence-electron chi connectivity index (χ4n) is 2.38. The van der Waals surface area contributed by atoms with Gasteiger partial charge in [0.1, 0.15) is 0 Å². The van der Waals surface area contributed by atoms with E-state index >= 15 is 0 Å². The zero-order valence-corrected chi connectivity index (χ0v) is 11.7. The smallest absolute Gasteiger partial charge is 0.332 e. The Kier molecular flexibility index (Phi) is 2.98. The molecule has 1 saturated heterocycles. The zero-order valence-electron chi connectivity index (χ0n) is 11.7. The fraction of sp³-hybridized carbons (Fsp3) is 0.533. The Morgan fingerprint density at radius 1 is 1.17 bits per heavy atom. The summed E-state index contributed by atoms with van der Waals surface area (Å²) >= 11 is 0. The van der Waals surface area contributed by atoms with Gasteiger partial charge in [-0.15, -0.1) is 5.06 Å². The molecular formula is C15H21NO2. The molecule has 0 aliphatic carbocycles. The Morgan fingerprint density at radius 3 is 2.22 bits per heavy atom. The van der Waals surface area contributed by atoms with Crippen molar-refractivity contribution in [1.29, 1.82) is 0 Å². The summed E-state index contributed by atoms with van der Waals surface area (Å²) in [5.41, 5.74) is 0.363. The second kappa shape index (κ2) is 4.09. The second-order valence-corrected chi connectivity index (χ2v) is 6.41. The normalized spacial score (nSPS) is 24.1. The number of hydroxylamine groups is 2. The lowest BCUT2D eigenvalue weighted by Gasteiger charge is -2.36. The summed E-state index contributed by atoms with van der Waals surface area (Å²) in [6.45, 7) is 10.0. The molecule has 0 unspecified atom stereocenters. The van der Waals surface area contributed by atoms with Gasteiger partial charge in [-0.1, -0.05) is 30.3 Å². The van der Waals surface area contributed by atoms with Crippen LogP contribution in [0.3, 0.4) is 0 Å². The Morgan fingerprint density at radius 2 is 1.72 bits per heavy atom. The predicted molar refractivity (Wildman–Crippen MR) is 70.6 cm³/mol. The van der Waals surface area contributed by atoms with Crippen LogP contribution in [-0.2, 0) is 9.63 Å². The summed E-state index contributed by atoms with van der Waals surface area (Å²) in [5.74, 6) is -0.161. The minimum Gasteiger partial charge on any atom is -0.366 e. The molecule has 2 rings (SSSR count). The zero-order chi connectivity index (χ0) is 13.6. The van der Waals surface area contributed by atoms with E-state index in [0.29, 0.717) is 0 Å². The van der Waals surface area contributed by atoms with Crippen molar-refractivity contribution < 1.29 is 9.63 Å². The van der Waals surface area contributed by atoms with E-state index in [0.717, 1.165) is 5.56 Å². The summed E-state index contributed by atoms with van der Waals surface area (Å²) in [4.78, 5) is 17.6. The molecule has 1 aromatic carbocycles. The molecular weight excluding hydrogens is 226 g/mol. The summed E-state index contributed by atoms with van der Waals surface area (Å²) < 4.78 is 0. The van der Waals surface area contributed by atoms with Gasteiger partial charge in [0, 0.05) is 5.54 Å². The number of rotatable bonds is 1. The molecule has 98 valence electrons. The lowest BCUT2D eigenvalue weighted by molar-refractivity contribution is -0.200. The van der Waals surface area contributed by atoms with E-state index in [1.807, 2.05) is 49.2 Å². The van der Waals surface area contributed by atoms with Crippen molar-refractivity contribution in [1.82, 2.24) is 5.06 Å². The van der Waals surface area contributed by atoms with Crippen molar-refractivity contribution in [2.24, 2.45) is 5.41 Å². The highest BCUT2D eigenvalue weighted by Crippen LogP contribution is 2.48. The minimum absolute atomic E-state index is 0.0498. The monoisotopic (exact) mass is 247 g/mol. The molecule has 1 aliphatic heterocycles. The van der Waals surface area contributed by atoms with Crippen LogP contribution in [0.15, 0.2) is 30.3 Å². The number of carbonyl (C=O) groups excluding carboxylic acids is 1. The van der Waals surface area contributed by atoms with Crippen molar-refractivity contribution in [3.05, 3.63) is 35.9 Å². The van der Waals surface area contributed by atoms with Gasteiger partial charge in [0.25, 0.3) is 0 Å². The van der Waals surface area contributed by atoms with Gasteiger partial charge in [0.2, 0.25) is 0 Å². The van der Waals surface area contributed by atoms with Crippen LogP contribution in [-0.4, -0.2) is 16.6 Å². The van der Waals surface area contributed by atoms with Crippen LogP contribution in [0.5, 0.6) is 0 Å². The van der Waals surface area contributed by atoms with E-state index in [4.69, 9.17) is 4.84 Å². The molecule has 18 heavy (non-hydrogen) atoms. The average Bonchev–Trinajstić information content (AvgIpc) is 2.51. The molecule has 1 heterocycles. The van der Waals surface area contributed by atoms with Gasteiger partial charge in [0.05, 0.1) is 11.5 Å². The maximum absolute atomic E-state index is 12.1. The van der Waals surface area contributed by atoms with Crippen LogP contribution in [0.4, 0.5) is 0 Å². The molecule has 0 radical (unpaired) electrons. The third-order valence-electron chi connectivity index (χ3n) is 3.40. The van der Waals surface area contributed by atoms with E-state index in [-0.39, 0.29) is 17.6 Å². The molecule has 0 saturated carbocycles. The molecule has 0 N–H and O–H groups in total. The largest absolute Gasteiger partial charge is 0.366 e. The maximum Gasteiger partial charge on any atom is 0.332 e. The molecule has 3 nitrogen and oxygen atoms in total. The number of hydrogen-bond donors (Lipinski definition) is 0. The van der Waals surface area contributed by atoms with Gasteiger partial charge in [-0.05, 0) is 40.2 Å². The van der Waals surface area contributed by atoms with Crippen LogP contribution in [0, 0.1) is 5.41 Å². The molecule has 0 spiro atoms. The van der Waals surface area contributed by atoms with E-state index in [9.17, 15) is 4.79 Å². The first-order chi connectivity index (χ1) is 8.24. The number of benzene rings is 1. The summed E-state index contributed by atoms with van der Waals surface area (Å²) in [5, 5.41) is 1.82. The number of nitrogens with zero attached hydrogens (tertiary/aromatic N) is 1. The van der Waals surface area contributed by atoms with E-state index < -0.39 is 5.41 Å². The lowest BCUT2D eigenvalue weighted by Crippen LogP contribution is -2.41. The standard InChI is InChI=1S/C15H21NO2/c1-14(2,3)16-12(11-9-7-6-8-10-11)15(4,5)13(17)18-16/h6-10,12H,1-5H3/t12-/m1/s1. The van der Waals surface area contributed by atoms with Gasteiger partial charge in [-0.3, -0.25) is 0 Å². The Bertz CT molecular complexity index is 445. The van der Waals surface area contributed by atoms with Gasteiger partial charge >= 0.3 is 5.97 Å². The molecule has 1 aliphatic rings. The second-order valence-electron chi connectivity index (χ2n) is 6.41. The molecule has 0 amide bonds. The Hall–Kier alpha value is -1.35. The third kappa shape index (κ3) is 2.03. The Balaban J connectivity index is 2.48. The van der Waals surface area contributed by atoms with Crippen LogP contribution >= 0.6 is 0 Å². The number of carbonyl (C=O) groups is 1. The third-order valence-corrected chi connectivity index (χ3v) is 3.40. The highest BCUT2D eigenvalue weighted by atomic mass is 16.7. The summed E-state index contributed by atoms with van der Waals surface area (Å²) in [6.07, 6.45) is 0. The number of hydrogen-bond acceptors (Lipinski definition) is 3. The van der Waals surface area contributed by atoms with Crippen LogP contribution < -0.4 is 0 Å². The summed E-state index contributed by atoms with van der Waals surface area (Å²) in [7, 11) is 0. The summed E-state index contributed by atoms with van der Waals surface area (Å²) in [6, 6.07) is 10.0. The van der Waals surface area contributed by atoms with Crippen LogP contribution in [0.2, 0.25) is 0 Å². The highest BCUT2D eigenvalue weighted by Gasteiger charge is 2.54. The SMILES string of the molecule is CC1(C)C(=O)ON(C(C)(C)C)[C@@H]1c1ccccc1. The van der Waals surface area contributed by atoms with Gasteiger partial charge in [-0.25, -0.2) is 4.79 Å². The fourth-order valence-corrected chi connectivity index (χ4v) is 2.38. The van der Waals surface area contributed by atoms with Crippen molar-refractivity contribution in [2.75, 3.05) is 0 Å². The molecule has 1 aromatic rings. The molecule has 1 fully saturated rings. The first-order valence-electron chi connectivity index (χ1n) is 6.31. The minimum atomic E-state index is -0.533. The van der Waals surface area contributed by atoms with Gasteiger partial charge < -0.3 is 4.84 Å². The lowest BCUT2D eigenvalue weighted by atomic mass is 9.80. The molecule has 0 bridgehead atoms. The van der Waals surface area contributed by atoms with E-state index in [2.05, 4.69) is 20.8 Å². The Labute approximate surface area is 109 Å². The predicted octanol–water partition coefficient (Wildman–Crippen LogP) is 3.33. The topological polar surface area (TPSA) is 29.5 Å². The molecule has 0 aromatic heterocycles. The van der Waals surface area contributed by atoms with Crippen molar-refractivity contribution in [2.45, 2.75) is 46.2 Å². The first-order valence-corrected chi connectivity index (χ1v) is 6.31. The molecule has 1 atom stereocenters.